The van der Waals surface area contributed by atoms with Crippen molar-refractivity contribution in [2.24, 2.45) is 5.92 Å². The maximum atomic E-state index is 4.48. The number of nitrogens with one attached hydrogen (secondary N) is 2. The first-order valence-electron chi connectivity index (χ1n) is 5.21. The first-order chi connectivity index (χ1) is 7.34. The standard InChI is InChI=1S/C10H13N5/c1-6(7-2-11-3-7)9-14-8-4-12-5-13-10(8)15-9/h4-7,11H,2-3H2,1H3,(H,12,13,14,15). The van der Waals surface area contributed by atoms with E-state index in [1.165, 1.54) is 6.33 Å². The first-order valence-corrected chi connectivity index (χ1v) is 5.21. The van der Waals surface area contributed by atoms with E-state index in [1.54, 1.807) is 6.20 Å². The molecule has 5 heteroatoms. The van der Waals surface area contributed by atoms with Gasteiger partial charge in [-0.3, -0.25) is 0 Å². The molecule has 0 bridgehead atoms. The Balaban J connectivity index is 1.96. The molecule has 2 aromatic rings. The molecule has 1 atom stereocenters. The van der Waals surface area contributed by atoms with Crippen LogP contribution in [-0.4, -0.2) is 33.0 Å². The molecule has 2 N–H and O–H groups in total. The van der Waals surface area contributed by atoms with Gasteiger partial charge >= 0.3 is 0 Å². The van der Waals surface area contributed by atoms with Crippen molar-refractivity contribution in [1.29, 1.82) is 0 Å². The third-order valence-electron chi connectivity index (χ3n) is 3.13. The van der Waals surface area contributed by atoms with E-state index >= 15 is 0 Å². The number of hydrogen-bond donors (Lipinski definition) is 2. The van der Waals surface area contributed by atoms with Crippen molar-refractivity contribution >= 4 is 11.2 Å². The first kappa shape index (κ1) is 8.79. The number of rotatable bonds is 2. The Morgan fingerprint density at radius 3 is 3.00 bits per heavy atom. The fourth-order valence-electron chi connectivity index (χ4n) is 1.88. The molecule has 78 valence electrons. The fraction of sp³-hybridized carbons (Fsp3) is 0.500. The monoisotopic (exact) mass is 203 g/mol. The van der Waals surface area contributed by atoms with Gasteiger partial charge in [0.25, 0.3) is 0 Å². The lowest BCUT2D eigenvalue weighted by atomic mass is 9.88. The van der Waals surface area contributed by atoms with Gasteiger partial charge in [0.15, 0.2) is 5.65 Å². The van der Waals surface area contributed by atoms with Crippen LogP contribution < -0.4 is 5.32 Å². The van der Waals surface area contributed by atoms with Crippen LogP contribution in [0.1, 0.15) is 18.7 Å². The van der Waals surface area contributed by atoms with Crippen molar-refractivity contribution < 1.29 is 0 Å². The van der Waals surface area contributed by atoms with E-state index in [0.717, 1.165) is 30.1 Å². The van der Waals surface area contributed by atoms with Crippen LogP contribution in [-0.2, 0) is 0 Å². The largest absolute Gasteiger partial charge is 0.339 e. The van der Waals surface area contributed by atoms with Crippen LogP contribution in [0.5, 0.6) is 0 Å². The number of aromatic nitrogens is 4. The van der Waals surface area contributed by atoms with E-state index in [-0.39, 0.29) is 0 Å². The highest BCUT2D eigenvalue weighted by molar-refractivity contribution is 5.68. The summed E-state index contributed by atoms with van der Waals surface area (Å²) in [6, 6.07) is 0. The third-order valence-corrected chi connectivity index (χ3v) is 3.13. The molecule has 1 aliphatic rings. The van der Waals surface area contributed by atoms with E-state index in [4.69, 9.17) is 0 Å². The Kier molecular flexibility index (Phi) is 1.92. The molecule has 0 spiro atoms. The lowest BCUT2D eigenvalue weighted by molar-refractivity contribution is 0.297. The SMILES string of the molecule is CC(c1nc2ncncc2[nH]1)C1CNC1. The summed E-state index contributed by atoms with van der Waals surface area (Å²) in [5, 5.41) is 3.28. The maximum absolute atomic E-state index is 4.48. The molecule has 2 aromatic heterocycles. The van der Waals surface area contributed by atoms with E-state index in [9.17, 15) is 0 Å². The molecule has 3 heterocycles. The van der Waals surface area contributed by atoms with Crippen LogP contribution in [0.4, 0.5) is 0 Å². The zero-order valence-electron chi connectivity index (χ0n) is 8.57. The number of H-pyrrole nitrogens is 1. The lowest BCUT2D eigenvalue weighted by Gasteiger charge is -2.31. The molecular weight excluding hydrogens is 190 g/mol. The summed E-state index contributed by atoms with van der Waals surface area (Å²) in [6.07, 6.45) is 3.30. The van der Waals surface area contributed by atoms with Gasteiger partial charge < -0.3 is 10.3 Å². The summed E-state index contributed by atoms with van der Waals surface area (Å²) in [6.45, 7) is 4.38. The molecular formula is C10H13N5. The Labute approximate surface area is 87.3 Å². The van der Waals surface area contributed by atoms with Crippen molar-refractivity contribution in [2.75, 3.05) is 13.1 Å². The lowest BCUT2D eigenvalue weighted by Crippen LogP contribution is -2.44. The van der Waals surface area contributed by atoms with Crippen LogP contribution in [0.3, 0.4) is 0 Å². The number of aromatic amines is 1. The van der Waals surface area contributed by atoms with Gasteiger partial charge in [0.05, 0.1) is 6.20 Å². The molecule has 5 nitrogen and oxygen atoms in total. The van der Waals surface area contributed by atoms with E-state index in [2.05, 4.69) is 32.2 Å². The number of nitrogens with zero attached hydrogens (tertiary/aromatic N) is 3. The van der Waals surface area contributed by atoms with Crippen molar-refractivity contribution in [1.82, 2.24) is 25.3 Å². The highest BCUT2D eigenvalue weighted by Crippen LogP contribution is 2.25. The zero-order valence-corrected chi connectivity index (χ0v) is 8.57. The number of imidazole rings is 1. The van der Waals surface area contributed by atoms with Crippen molar-refractivity contribution in [3.8, 4) is 0 Å². The predicted octanol–water partition coefficient (Wildman–Crippen LogP) is 0.676. The third kappa shape index (κ3) is 1.39. The Morgan fingerprint density at radius 2 is 2.33 bits per heavy atom. The quantitative estimate of drug-likeness (QED) is 0.753. The second-order valence-corrected chi connectivity index (χ2v) is 4.09. The molecule has 1 fully saturated rings. The highest BCUT2D eigenvalue weighted by Gasteiger charge is 2.26. The minimum absolute atomic E-state index is 0.459. The summed E-state index contributed by atoms with van der Waals surface area (Å²) < 4.78 is 0. The second-order valence-electron chi connectivity index (χ2n) is 4.09. The Hall–Kier alpha value is -1.49. The zero-order chi connectivity index (χ0) is 10.3. The van der Waals surface area contributed by atoms with Crippen molar-refractivity contribution in [2.45, 2.75) is 12.8 Å². The molecule has 1 aliphatic heterocycles. The van der Waals surface area contributed by atoms with Gasteiger partial charge in [0.2, 0.25) is 0 Å². The van der Waals surface area contributed by atoms with Gasteiger partial charge in [0, 0.05) is 5.92 Å². The highest BCUT2D eigenvalue weighted by atomic mass is 15.0. The second kappa shape index (κ2) is 3.27. The minimum atomic E-state index is 0.459. The smallest absolute Gasteiger partial charge is 0.180 e. The fourth-order valence-corrected chi connectivity index (χ4v) is 1.88. The average Bonchev–Trinajstić information content (AvgIpc) is 2.58. The van der Waals surface area contributed by atoms with Gasteiger partial charge in [-0.1, -0.05) is 6.92 Å². The Bertz CT molecular complexity index is 440. The maximum Gasteiger partial charge on any atom is 0.180 e. The summed E-state index contributed by atoms with van der Waals surface area (Å²) in [5.41, 5.74) is 1.69. The number of fused-ring (bicyclic) bond motifs is 1. The molecule has 15 heavy (non-hydrogen) atoms. The molecule has 1 saturated heterocycles. The molecule has 0 radical (unpaired) electrons. The van der Waals surface area contributed by atoms with Crippen LogP contribution >= 0.6 is 0 Å². The van der Waals surface area contributed by atoms with Gasteiger partial charge in [0.1, 0.15) is 17.7 Å². The molecule has 0 saturated carbocycles. The summed E-state index contributed by atoms with van der Waals surface area (Å²) in [4.78, 5) is 15.8. The predicted molar refractivity (Wildman–Crippen MR) is 56.5 cm³/mol. The number of hydrogen-bond acceptors (Lipinski definition) is 4. The molecule has 0 aromatic carbocycles. The van der Waals surface area contributed by atoms with Gasteiger partial charge in [-0.05, 0) is 19.0 Å². The normalized spacial score (nSPS) is 19.0. The van der Waals surface area contributed by atoms with Crippen LogP contribution in [0.25, 0.3) is 11.2 Å². The van der Waals surface area contributed by atoms with Crippen LogP contribution in [0, 0.1) is 5.92 Å². The van der Waals surface area contributed by atoms with Gasteiger partial charge in [-0.2, -0.15) is 0 Å². The van der Waals surface area contributed by atoms with Crippen molar-refractivity contribution in [3.63, 3.8) is 0 Å². The van der Waals surface area contributed by atoms with E-state index in [0.29, 0.717) is 11.8 Å². The van der Waals surface area contributed by atoms with E-state index in [1.807, 2.05) is 0 Å². The molecule has 0 amide bonds. The summed E-state index contributed by atoms with van der Waals surface area (Å²) in [5.74, 6) is 2.18. The van der Waals surface area contributed by atoms with Gasteiger partial charge in [-0.25, -0.2) is 15.0 Å². The summed E-state index contributed by atoms with van der Waals surface area (Å²) >= 11 is 0. The van der Waals surface area contributed by atoms with Gasteiger partial charge in [-0.15, -0.1) is 0 Å². The van der Waals surface area contributed by atoms with E-state index < -0.39 is 0 Å². The molecule has 3 rings (SSSR count). The average molecular weight is 203 g/mol. The minimum Gasteiger partial charge on any atom is -0.339 e. The van der Waals surface area contributed by atoms with Crippen molar-refractivity contribution in [3.05, 3.63) is 18.3 Å². The van der Waals surface area contributed by atoms with Crippen LogP contribution in [0.15, 0.2) is 12.5 Å². The molecule has 1 unspecified atom stereocenters. The van der Waals surface area contributed by atoms with Crippen LogP contribution in [0.2, 0.25) is 0 Å². The Morgan fingerprint density at radius 1 is 1.47 bits per heavy atom. The molecule has 0 aliphatic carbocycles. The topological polar surface area (TPSA) is 66.5 Å². The summed E-state index contributed by atoms with van der Waals surface area (Å²) in [7, 11) is 0.